The number of aliphatic hydroxyl groups excluding tert-OH is 1. The van der Waals surface area contributed by atoms with Crippen LogP contribution in [0.2, 0.25) is 0 Å². The van der Waals surface area contributed by atoms with Crippen molar-refractivity contribution in [3.05, 3.63) is 30.1 Å². The molecular weight excluding hydrogens is 308 g/mol. The van der Waals surface area contributed by atoms with E-state index < -0.39 is 30.5 Å². The summed E-state index contributed by atoms with van der Waals surface area (Å²) in [7, 11) is 0. The van der Waals surface area contributed by atoms with Gasteiger partial charge < -0.3 is 20.5 Å². The number of hydrogen-bond donors (Lipinski definition) is 3. The van der Waals surface area contributed by atoms with E-state index in [1.165, 1.54) is 18.2 Å². The number of carbonyl (C=O) groups is 1. The molecule has 0 saturated heterocycles. The minimum Gasteiger partial charge on any atom is -0.492 e. The maximum absolute atomic E-state index is 12.8. The van der Waals surface area contributed by atoms with Crippen LogP contribution < -0.4 is 15.4 Å². The molecule has 0 spiro atoms. The van der Waals surface area contributed by atoms with Gasteiger partial charge in [-0.15, -0.1) is 0 Å². The molecule has 9 heteroatoms. The van der Waals surface area contributed by atoms with Gasteiger partial charge in [0.25, 0.3) is 0 Å². The van der Waals surface area contributed by atoms with E-state index in [1.807, 2.05) is 0 Å². The average molecular weight is 324 g/mol. The SMILES string of the molecule is O=C(NCCOc1cccc(F)c1)NCC[C@H](O)C(F)(F)F. The lowest BCUT2D eigenvalue weighted by Gasteiger charge is -2.14. The van der Waals surface area contributed by atoms with Crippen LogP contribution in [-0.2, 0) is 0 Å². The molecule has 0 radical (unpaired) electrons. The Morgan fingerprint density at radius 3 is 2.59 bits per heavy atom. The Hall–Kier alpha value is -2.03. The van der Waals surface area contributed by atoms with Crippen LogP contribution in [0.15, 0.2) is 24.3 Å². The van der Waals surface area contributed by atoms with Gasteiger partial charge in [0.15, 0.2) is 6.10 Å². The number of carbonyl (C=O) groups excluding carboxylic acids is 1. The lowest BCUT2D eigenvalue weighted by molar-refractivity contribution is -0.204. The van der Waals surface area contributed by atoms with E-state index in [4.69, 9.17) is 9.84 Å². The maximum Gasteiger partial charge on any atom is 0.414 e. The molecule has 0 heterocycles. The molecule has 0 aliphatic heterocycles. The molecular formula is C13H16F4N2O3. The summed E-state index contributed by atoms with van der Waals surface area (Å²) in [6.45, 7) is -0.163. The Balaban J connectivity index is 2.11. The van der Waals surface area contributed by atoms with Crippen LogP contribution in [0.3, 0.4) is 0 Å². The Morgan fingerprint density at radius 1 is 1.27 bits per heavy atom. The number of hydrogen-bond acceptors (Lipinski definition) is 3. The molecule has 0 aliphatic rings. The monoisotopic (exact) mass is 324 g/mol. The van der Waals surface area contributed by atoms with Crippen molar-refractivity contribution in [2.45, 2.75) is 18.7 Å². The minimum absolute atomic E-state index is 0.0715. The number of rotatable bonds is 7. The number of nitrogens with one attached hydrogen (secondary N) is 2. The van der Waals surface area contributed by atoms with Gasteiger partial charge in [0.1, 0.15) is 18.2 Å². The standard InChI is InChI=1S/C13H16F4N2O3/c14-9-2-1-3-10(8-9)22-7-6-19-12(21)18-5-4-11(20)13(15,16)17/h1-3,8,11,20H,4-7H2,(H2,18,19,21)/t11-/m0/s1. The number of halogens is 4. The topological polar surface area (TPSA) is 70.6 Å². The average Bonchev–Trinajstić information content (AvgIpc) is 2.42. The smallest absolute Gasteiger partial charge is 0.414 e. The van der Waals surface area contributed by atoms with E-state index in [0.29, 0.717) is 5.75 Å². The highest BCUT2D eigenvalue weighted by atomic mass is 19.4. The van der Waals surface area contributed by atoms with Crippen molar-refractivity contribution < 1.29 is 32.2 Å². The summed E-state index contributed by atoms with van der Waals surface area (Å²) in [5, 5.41) is 13.2. The van der Waals surface area contributed by atoms with Crippen LogP contribution in [0.25, 0.3) is 0 Å². The van der Waals surface area contributed by atoms with Crippen LogP contribution in [-0.4, -0.2) is 43.1 Å². The van der Waals surface area contributed by atoms with Crippen LogP contribution in [0.4, 0.5) is 22.4 Å². The number of urea groups is 1. The first-order chi connectivity index (χ1) is 10.3. The second kappa shape index (κ2) is 8.42. The van der Waals surface area contributed by atoms with Gasteiger partial charge in [0, 0.05) is 12.6 Å². The fourth-order valence-corrected chi connectivity index (χ4v) is 1.44. The van der Waals surface area contributed by atoms with Crippen molar-refractivity contribution in [3.8, 4) is 5.75 Å². The van der Waals surface area contributed by atoms with Gasteiger partial charge in [-0.25, -0.2) is 9.18 Å². The Labute approximate surface area is 124 Å². The van der Waals surface area contributed by atoms with Gasteiger partial charge in [0.05, 0.1) is 6.54 Å². The first kappa shape index (κ1) is 18.0. The van der Waals surface area contributed by atoms with E-state index in [1.54, 1.807) is 6.07 Å². The lowest BCUT2D eigenvalue weighted by atomic mass is 10.2. The summed E-state index contributed by atoms with van der Waals surface area (Å²) in [4.78, 5) is 11.2. The van der Waals surface area contributed by atoms with Crippen LogP contribution in [0.1, 0.15) is 6.42 Å². The van der Waals surface area contributed by atoms with Crippen molar-refractivity contribution in [1.82, 2.24) is 10.6 Å². The van der Waals surface area contributed by atoms with E-state index in [-0.39, 0.29) is 19.7 Å². The van der Waals surface area contributed by atoms with Crippen LogP contribution in [0, 0.1) is 5.82 Å². The normalized spacial score (nSPS) is 12.6. The summed E-state index contributed by atoms with van der Waals surface area (Å²) in [5.74, 6) is -0.151. The van der Waals surface area contributed by atoms with Gasteiger partial charge in [-0.3, -0.25) is 0 Å². The molecule has 0 saturated carbocycles. The van der Waals surface area contributed by atoms with E-state index in [2.05, 4.69) is 10.6 Å². The van der Waals surface area contributed by atoms with E-state index in [9.17, 15) is 22.4 Å². The van der Waals surface area contributed by atoms with E-state index in [0.717, 1.165) is 0 Å². The Kier molecular flexibility index (Phi) is 6.90. The number of alkyl halides is 3. The molecule has 22 heavy (non-hydrogen) atoms. The quantitative estimate of drug-likeness (QED) is 0.529. The fourth-order valence-electron chi connectivity index (χ4n) is 1.44. The van der Waals surface area contributed by atoms with Crippen molar-refractivity contribution in [2.75, 3.05) is 19.7 Å². The van der Waals surface area contributed by atoms with Gasteiger partial charge in [0.2, 0.25) is 0 Å². The first-order valence-corrected chi connectivity index (χ1v) is 6.44. The zero-order valence-corrected chi connectivity index (χ0v) is 11.5. The van der Waals surface area contributed by atoms with Crippen molar-refractivity contribution >= 4 is 6.03 Å². The number of aliphatic hydroxyl groups is 1. The van der Waals surface area contributed by atoms with Crippen LogP contribution in [0.5, 0.6) is 5.75 Å². The molecule has 0 aliphatic carbocycles. The summed E-state index contributed by atoms with van der Waals surface area (Å²) < 4.78 is 54.0. The van der Waals surface area contributed by atoms with E-state index >= 15 is 0 Å². The Morgan fingerprint density at radius 2 is 1.95 bits per heavy atom. The second-order valence-electron chi connectivity index (χ2n) is 4.33. The molecule has 0 aromatic heterocycles. The molecule has 0 fully saturated rings. The highest BCUT2D eigenvalue weighted by Gasteiger charge is 2.37. The van der Waals surface area contributed by atoms with Gasteiger partial charge >= 0.3 is 12.2 Å². The molecule has 2 amide bonds. The summed E-state index contributed by atoms with van der Waals surface area (Å²) >= 11 is 0. The fraction of sp³-hybridized carbons (Fsp3) is 0.462. The molecule has 5 nitrogen and oxygen atoms in total. The number of benzene rings is 1. The summed E-state index contributed by atoms with van der Waals surface area (Å²) in [6.07, 6.45) is -7.79. The minimum atomic E-state index is -4.70. The lowest BCUT2D eigenvalue weighted by Crippen LogP contribution is -2.40. The Bertz CT molecular complexity index is 483. The molecule has 3 N–H and O–H groups in total. The molecule has 1 rings (SSSR count). The number of ether oxygens (including phenoxy) is 1. The molecule has 1 aromatic rings. The van der Waals surface area contributed by atoms with Crippen molar-refractivity contribution in [3.63, 3.8) is 0 Å². The third-order valence-electron chi connectivity index (χ3n) is 2.53. The van der Waals surface area contributed by atoms with Gasteiger partial charge in [-0.2, -0.15) is 13.2 Å². The third-order valence-corrected chi connectivity index (χ3v) is 2.53. The zero-order valence-electron chi connectivity index (χ0n) is 11.5. The summed E-state index contributed by atoms with van der Waals surface area (Å²) in [6, 6.07) is 4.77. The maximum atomic E-state index is 12.8. The summed E-state index contributed by atoms with van der Waals surface area (Å²) in [5.41, 5.74) is 0. The molecule has 1 atom stereocenters. The van der Waals surface area contributed by atoms with Crippen molar-refractivity contribution in [1.29, 1.82) is 0 Å². The predicted molar refractivity (Wildman–Crippen MR) is 70.0 cm³/mol. The molecule has 0 unspecified atom stereocenters. The second-order valence-corrected chi connectivity index (χ2v) is 4.33. The van der Waals surface area contributed by atoms with Crippen molar-refractivity contribution in [2.24, 2.45) is 0 Å². The highest BCUT2D eigenvalue weighted by molar-refractivity contribution is 5.73. The highest BCUT2D eigenvalue weighted by Crippen LogP contribution is 2.21. The predicted octanol–water partition coefficient (Wildman–Crippen LogP) is 1.82. The third kappa shape index (κ3) is 7.11. The van der Waals surface area contributed by atoms with Crippen LogP contribution >= 0.6 is 0 Å². The first-order valence-electron chi connectivity index (χ1n) is 6.44. The molecule has 0 bridgehead atoms. The molecule has 1 aromatic carbocycles. The van der Waals surface area contributed by atoms with Gasteiger partial charge in [-0.05, 0) is 18.6 Å². The largest absolute Gasteiger partial charge is 0.492 e. The number of amides is 2. The molecule has 124 valence electrons. The zero-order chi connectivity index (χ0) is 16.6. The van der Waals surface area contributed by atoms with Gasteiger partial charge in [-0.1, -0.05) is 6.07 Å².